The number of aryl methyl sites for hydroxylation is 1. The lowest BCUT2D eigenvalue weighted by atomic mass is 9.95. The molecule has 2 unspecified atom stereocenters. The summed E-state index contributed by atoms with van der Waals surface area (Å²) in [7, 11) is 1.82. The van der Waals surface area contributed by atoms with Gasteiger partial charge >= 0.3 is 6.18 Å². The Labute approximate surface area is 154 Å². The molecule has 0 spiro atoms. The molecule has 1 fully saturated rings. The second-order valence-electron chi connectivity index (χ2n) is 6.40. The number of halogens is 4. The average Bonchev–Trinajstić information content (AvgIpc) is 3.22. The summed E-state index contributed by atoms with van der Waals surface area (Å²) in [6, 6.07) is 1.79. The quantitative estimate of drug-likeness (QED) is 0.602. The number of aromatic nitrogens is 1. The lowest BCUT2D eigenvalue weighted by Crippen LogP contribution is -2.37. The number of carbonyl (C=O) groups is 2. The molecule has 1 N–H and O–H groups in total. The third kappa shape index (κ3) is 5.97. The van der Waals surface area contributed by atoms with Crippen molar-refractivity contribution in [3.63, 3.8) is 0 Å². The summed E-state index contributed by atoms with van der Waals surface area (Å²) in [6.07, 6.45) is 3.78. The van der Waals surface area contributed by atoms with Crippen LogP contribution in [0.2, 0.25) is 0 Å². The Bertz CT molecular complexity index is 724. The van der Waals surface area contributed by atoms with Crippen molar-refractivity contribution in [1.29, 1.82) is 0 Å². The molecule has 1 aromatic rings. The predicted octanol–water partition coefficient (Wildman–Crippen LogP) is 2.32. The van der Waals surface area contributed by atoms with Gasteiger partial charge in [0, 0.05) is 57.1 Å². The highest BCUT2D eigenvalue weighted by Gasteiger charge is 2.50. The Morgan fingerprint density at radius 1 is 1.30 bits per heavy atom. The maximum absolute atomic E-state index is 13.3. The predicted molar refractivity (Wildman–Crippen MR) is 92.2 cm³/mol. The van der Waals surface area contributed by atoms with Crippen LogP contribution in [0.5, 0.6) is 0 Å². The number of hydrogen-bond acceptors (Lipinski definition) is 2. The molecule has 148 valence electrons. The van der Waals surface area contributed by atoms with Crippen LogP contribution in [0.15, 0.2) is 36.7 Å². The molecule has 1 saturated heterocycles. The Morgan fingerprint density at radius 3 is 2.63 bits per heavy atom. The number of alkyl halides is 4. The van der Waals surface area contributed by atoms with Crippen LogP contribution in [-0.2, 0) is 16.6 Å². The lowest BCUT2D eigenvalue weighted by Gasteiger charge is -2.20. The molecule has 0 bridgehead atoms. The van der Waals surface area contributed by atoms with E-state index >= 15 is 0 Å². The van der Waals surface area contributed by atoms with Crippen molar-refractivity contribution in [1.82, 2.24) is 14.8 Å². The van der Waals surface area contributed by atoms with Crippen molar-refractivity contribution in [2.75, 3.05) is 26.3 Å². The topological polar surface area (TPSA) is 54.3 Å². The van der Waals surface area contributed by atoms with Crippen LogP contribution < -0.4 is 5.32 Å². The van der Waals surface area contributed by atoms with Gasteiger partial charge in [-0.25, -0.2) is 4.39 Å². The number of likely N-dealkylation sites (tertiary alicyclic amines) is 1. The summed E-state index contributed by atoms with van der Waals surface area (Å²) in [5.74, 6) is -3.87. The van der Waals surface area contributed by atoms with Crippen molar-refractivity contribution in [3.05, 3.63) is 42.3 Å². The number of amides is 2. The highest BCUT2D eigenvalue weighted by molar-refractivity contribution is 5.91. The van der Waals surface area contributed by atoms with Crippen LogP contribution in [0.4, 0.5) is 17.6 Å². The van der Waals surface area contributed by atoms with E-state index in [4.69, 9.17) is 0 Å². The molecule has 0 radical (unpaired) electrons. The van der Waals surface area contributed by atoms with E-state index in [9.17, 15) is 27.2 Å². The van der Waals surface area contributed by atoms with E-state index in [0.717, 1.165) is 22.6 Å². The van der Waals surface area contributed by atoms with E-state index in [1.807, 2.05) is 7.05 Å². The molecule has 0 saturated carbocycles. The maximum atomic E-state index is 13.3. The van der Waals surface area contributed by atoms with Crippen LogP contribution in [-0.4, -0.2) is 53.8 Å². The SMILES string of the molecule is Cn1ccc(/C=C/C(=O)NCC2CN(C(=O)/C=C/CF)CC2C(F)(F)F)c1. The Morgan fingerprint density at radius 2 is 2.04 bits per heavy atom. The minimum atomic E-state index is -4.49. The normalized spacial score (nSPS) is 20.7. The first-order chi connectivity index (χ1) is 12.7. The fourth-order valence-electron chi connectivity index (χ4n) is 2.97. The monoisotopic (exact) mass is 387 g/mol. The van der Waals surface area contributed by atoms with Crippen molar-refractivity contribution < 1.29 is 27.2 Å². The fraction of sp³-hybridized carbons (Fsp3) is 0.444. The van der Waals surface area contributed by atoms with Gasteiger partial charge in [-0.15, -0.1) is 0 Å². The van der Waals surface area contributed by atoms with E-state index in [1.165, 1.54) is 6.08 Å². The smallest absolute Gasteiger partial charge is 0.357 e. The van der Waals surface area contributed by atoms with Crippen LogP contribution >= 0.6 is 0 Å². The molecule has 0 aliphatic carbocycles. The van der Waals surface area contributed by atoms with Crippen molar-refractivity contribution >= 4 is 17.9 Å². The van der Waals surface area contributed by atoms with Gasteiger partial charge in [0.2, 0.25) is 11.8 Å². The van der Waals surface area contributed by atoms with Gasteiger partial charge in [-0.2, -0.15) is 13.2 Å². The molecule has 1 aliphatic rings. The van der Waals surface area contributed by atoms with Gasteiger partial charge in [0.05, 0.1) is 5.92 Å². The molecule has 2 atom stereocenters. The van der Waals surface area contributed by atoms with E-state index in [-0.39, 0.29) is 13.1 Å². The van der Waals surface area contributed by atoms with Gasteiger partial charge < -0.3 is 14.8 Å². The number of carbonyl (C=O) groups excluding carboxylic acids is 2. The number of rotatable bonds is 6. The van der Waals surface area contributed by atoms with Gasteiger partial charge in [-0.05, 0) is 23.8 Å². The zero-order chi connectivity index (χ0) is 20.0. The molecule has 2 rings (SSSR count). The standard InChI is InChI=1S/C18H21F4N3O2/c1-24-8-6-13(10-24)4-5-16(26)23-9-14-11-25(17(27)3-2-7-19)12-15(14)18(20,21)22/h2-6,8,10,14-15H,7,9,11-12H2,1H3,(H,23,26)/b3-2+,5-4+. The van der Waals surface area contributed by atoms with Gasteiger partial charge in [-0.1, -0.05) is 0 Å². The average molecular weight is 387 g/mol. The third-order valence-electron chi connectivity index (χ3n) is 4.34. The first-order valence-electron chi connectivity index (χ1n) is 8.36. The molecule has 27 heavy (non-hydrogen) atoms. The molecule has 2 heterocycles. The molecule has 0 aromatic carbocycles. The van der Waals surface area contributed by atoms with Gasteiger partial charge in [-0.3, -0.25) is 9.59 Å². The van der Waals surface area contributed by atoms with E-state index in [0.29, 0.717) is 0 Å². The number of allylic oxidation sites excluding steroid dienone is 1. The van der Waals surface area contributed by atoms with Crippen LogP contribution in [0.25, 0.3) is 6.08 Å². The zero-order valence-electron chi connectivity index (χ0n) is 14.7. The summed E-state index contributed by atoms with van der Waals surface area (Å²) >= 11 is 0. The first kappa shape index (κ1) is 20.7. The van der Waals surface area contributed by atoms with Gasteiger partial charge in [0.15, 0.2) is 0 Å². The minimum Gasteiger partial charge on any atom is -0.357 e. The molecule has 2 amide bonds. The number of nitrogens with zero attached hydrogens (tertiary/aromatic N) is 2. The van der Waals surface area contributed by atoms with Crippen molar-refractivity contribution in [3.8, 4) is 0 Å². The molecule has 5 nitrogen and oxygen atoms in total. The second kappa shape index (κ2) is 8.88. The van der Waals surface area contributed by atoms with Gasteiger partial charge in [0.25, 0.3) is 0 Å². The molecule has 9 heteroatoms. The molecular weight excluding hydrogens is 366 g/mol. The molecule has 1 aromatic heterocycles. The Hall–Kier alpha value is -2.58. The molecule has 1 aliphatic heterocycles. The third-order valence-corrected chi connectivity index (χ3v) is 4.34. The van der Waals surface area contributed by atoms with Crippen LogP contribution in [0.1, 0.15) is 5.56 Å². The van der Waals surface area contributed by atoms with Crippen molar-refractivity contribution in [2.45, 2.75) is 6.18 Å². The summed E-state index contributed by atoms with van der Waals surface area (Å²) in [5.41, 5.74) is 0.790. The van der Waals surface area contributed by atoms with Crippen molar-refractivity contribution in [2.24, 2.45) is 18.9 Å². The van der Waals surface area contributed by atoms with E-state index in [1.54, 1.807) is 29.1 Å². The van der Waals surface area contributed by atoms with Gasteiger partial charge in [0.1, 0.15) is 6.67 Å². The summed E-state index contributed by atoms with van der Waals surface area (Å²) in [5, 5.41) is 2.46. The van der Waals surface area contributed by atoms with Crippen LogP contribution in [0, 0.1) is 11.8 Å². The second-order valence-corrected chi connectivity index (χ2v) is 6.40. The zero-order valence-corrected chi connectivity index (χ0v) is 14.7. The Kier molecular flexibility index (Phi) is 6.81. The largest absolute Gasteiger partial charge is 0.393 e. The van der Waals surface area contributed by atoms with Crippen LogP contribution in [0.3, 0.4) is 0 Å². The number of hydrogen-bond donors (Lipinski definition) is 1. The lowest BCUT2D eigenvalue weighted by molar-refractivity contribution is -0.180. The highest BCUT2D eigenvalue weighted by atomic mass is 19.4. The highest BCUT2D eigenvalue weighted by Crippen LogP contribution is 2.37. The Balaban J connectivity index is 1.95. The first-order valence-corrected chi connectivity index (χ1v) is 8.36. The maximum Gasteiger partial charge on any atom is 0.393 e. The minimum absolute atomic E-state index is 0.150. The summed E-state index contributed by atoms with van der Waals surface area (Å²) in [4.78, 5) is 24.7. The summed E-state index contributed by atoms with van der Waals surface area (Å²) in [6.45, 7) is -1.73. The molecular formula is C18H21F4N3O2. The number of nitrogens with one attached hydrogen (secondary N) is 1. The fourth-order valence-corrected chi connectivity index (χ4v) is 2.97. The summed E-state index contributed by atoms with van der Waals surface area (Å²) < 4.78 is 53.6. The van der Waals surface area contributed by atoms with E-state index < -0.39 is 43.0 Å². The van der Waals surface area contributed by atoms with E-state index in [2.05, 4.69) is 5.32 Å².